The number of nitrogens with one attached hydrogen (secondary N) is 1. The fourth-order valence-corrected chi connectivity index (χ4v) is 5.66. The summed E-state index contributed by atoms with van der Waals surface area (Å²) in [4.78, 5) is 27.3. The molecule has 0 radical (unpaired) electrons. The van der Waals surface area contributed by atoms with E-state index in [1.807, 2.05) is 29.2 Å². The molecule has 0 saturated carbocycles. The molecule has 1 saturated heterocycles. The predicted octanol–water partition coefficient (Wildman–Crippen LogP) is 5.86. The number of hydrogen-bond acceptors (Lipinski definition) is 3. The van der Waals surface area contributed by atoms with Crippen LogP contribution in [0.15, 0.2) is 66.7 Å². The number of amides is 2. The van der Waals surface area contributed by atoms with Crippen LogP contribution in [0.2, 0.25) is 5.02 Å². The smallest absolute Gasteiger partial charge is 0.257 e. The second-order valence-electron chi connectivity index (χ2n) is 7.79. The lowest BCUT2D eigenvalue weighted by Crippen LogP contribution is -2.28. The number of anilines is 2. The van der Waals surface area contributed by atoms with E-state index in [2.05, 4.69) is 23.5 Å². The van der Waals surface area contributed by atoms with E-state index in [-0.39, 0.29) is 17.2 Å². The highest BCUT2D eigenvalue weighted by Crippen LogP contribution is 2.43. The highest BCUT2D eigenvalue weighted by Gasteiger charge is 2.34. The topological polar surface area (TPSA) is 49.4 Å². The van der Waals surface area contributed by atoms with Gasteiger partial charge in [-0.25, -0.2) is 0 Å². The second kappa shape index (κ2) is 8.40. The highest BCUT2D eigenvalue weighted by atomic mass is 35.5. The fraction of sp³-hybridized carbons (Fsp3) is 0.200. The molecule has 5 rings (SSSR count). The van der Waals surface area contributed by atoms with Crippen LogP contribution in [0.1, 0.15) is 38.8 Å². The molecule has 3 aromatic carbocycles. The number of thioether (sulfide) groups is 1. The third kappa shape index (κ3) is 3.95. The van der Waals surface area contributed by atoms with Gasteiger partial charge in [0.1, 0.15) is 5.37 Å². The lowest BCUT2D eigenvalue weighted by molar-refractivity contribution is -0.115. The molecule has 0 spiro atoms. The van der Waals surface area contributed by atoms with Gasteiger partial charge in [-0.1, -0.05) is 41.9 Å². The zero-order valence-corrected chi connectivity index (χ0v) is 18.4. The average molecular weight is 449 g/mol. The number of fused-ring (bicyclic) bond motifs is 1. The van der Waals surface area contributed by atoms with Crippen molar-refractivity contribution >= 4 is 46.6 Å². The van der Waals surface area contributed by atoms with E-state index in [4.69, 9.17) is 11.6 Å². The zero-order chi connectivity index (χ0) is 21.4. The number of rotatable bonds is 4. The summed E-state index contributed by atoms with van der Waals surface area (Å²) in [6.07, 6.45) is 3.37. The fourth-order valence-electron chi connectivity index (χ4n) is 4.27. The molecule has 3 aromatic rings. The van der Waals surface area contributed by atoms with Crippen LogP contribution >= 0.6 is 23.4 Å². The summed E-state index contributed by atoms with van der Waals surface area (Å²) < 4.78 is 0. The first-order chi connectivity index (χ1) is 15.1. The molecule has 2 aliphatic rings. The SMILES string of the molecule is O=C(Nc1cccc(C2SCC(=O)N2c2ccc3c(c2)CCC3)c1)c1ccccc1Cl. The van der Waals surface area contributed by atoms with Crippen molar-refractivity contribution in [1.29, 1.82) is 0 Å². The maximum Gasteiger partial charge on any atom is 0.257 e. The van der Waals surface area contributed by atoms with Crippen LogP contribution in [0.4, 0.5) is 11.4 Å². The van der Waals surface area contributed by atoms with E-state index in [1.54, 1.807) is 36.0 Å². The number of nitrogens with zero attached hydrogens (tertiary/aromatic N) is 1. The molecule has 6 heteroatoms. The number of halogens is 1. The summed E-state index contributed by atoms with van der Waals surface area (Å²) >= 11 is 7.76. The Morgan fingerprint density at radius 3 is 2.71 bits per heavy atom. The summed E-state index contributed by atoms with van der Waals surface area (Å²) in [5, 5.41) is 3.22. The Labute approximate surface area is 190 Å². The van der Waals surface area contributed by atoms with Crippen molar-refractivity contribution in [2.24, 2.45) is 0 Å². The van der Waals surface area contributed by atoms with E-state index >= 15 is 0 Å². The van der Waals surface area contributed by atoms with Crippen LogP contribution in [-0.2, 0) is 17.6 Å². The molecule has 1 aliphatic carbocycles. The number of aryl methyl sites for hydroxylation is 2. The maximum absolute atomic E-state index is 12.8. The molecular formula is C25H21ClN2O2S. The molecule has 1 unspecified atom stereocenters. The van der Waals surface area contributed by atoms with Gasteiger partial charge in [-0.3, -0.25) is 14.5 Å². The predicted molar refractivity (Wildman–Crippen MR) is 127 cm³/mol. The van der Waals surface area contributed by atoms with Crippen LogP contribution in [0.5, 0.6) is 0 Å². The van der Waals surface area contributed by atoms with E-state index < -0.39 is 0 Å². The van der Waals surface area contributed by atoms with E-state index in [0.29, 0.717) is 22.0 Å². The van der Waals surface area contributed by atoms with Gasteiger partial charge in [0, 0.05) is 11.4 Å². The molecule has 1 aliphatic heterocycles. The van der Waals surface area contributed by atoms with Gasteiger partial charge < -0.3 is 5.32 Å². The molecule has 4 nitrogen and oxygen atoms in total. The largest absolute Gasteiger partial charge is 0.322 e. The lowest BCUT2D eigenvalue weighted by atomic mass is 10.1. The second-order valence-corrected chi connectivity index (χ2v) is 9.27. The Hall–Kier alpha value is -2.76. The van der Waals surface area contributed by atoms with Crippen molar-refractivity contribution in [1.82, 2.24) is 0 Å². The maximum atomic E-state index is 12.8. The highest BCUT2D eigenvalue weighted by molar-refractivity contribution is 8.00. The summed E-state index contributed by atoms with van der Waals surface area (Å²) in [5.74, 6) is 0.296. The number of benzene rings is 3. The third-order valence-corrected chi connectivity index (χ3v) is 7.32. The lowest BCUT2D eigenvalue weighted by Gasteiger charge is -2.25. The minimum atomic E-state index is -0.256. The quantitative estimate of drug-likeness (QED) is 0.543. The van der Waals surface area contributed by atoms with Gasteiger partial charge in [0.25, 0.3) is 5.91 Å². The molecule has 156 valence electrons. The van der Waals surface area contributed by atoms with Gasteiger partial charge in [-0.15, -0.1) is 11.8 Å². The molecule has 2 amide bonds. The molecule has 0 aromatic heterocycles. The Bertz CT molecular complexity index is 1180. The molecule has 0 bridgehead atoms. The van der Waals surface area contributed by atoms with Crippen LogP contribution in [0, 0.1) is 0 Å². The van der Waals surface area contributed by atoms with Gasteiger partial charge in [0.05, 0.1) is 16.3 Å². The van der Waals surface area contributed by atoms with Crippen molar-refractivity contribution in [2.75, 3.05) is 16.0 Å². The Balaban J connectivity index is 1.41. The first-order valence-electron chi connectivity index (χ1n) is 10.3. The average Bonchev–Trinajstić information content (AvgIpc) is 3.40. The first kappa shape index (κ1) is 20.2. The number of carbonyl (C=O) groups excluding carboxylic acids is 2. The van der Waals surface area contributed by atoms with Crippen molar-refractivity contribution in [3.05, 3.63) is 94.0 Å². The van der Waals surface area contributed by atoms with Gasteiger partial charge in [0.2, 0.25) is 5.91 Å². The minimum absolute atomic E-state index is 0.110. The van der Waals surface area contributed by atoms with Crippen molar-refractivity contribution in [3.63, 3.8) is 0 Å². The molecule has 1 atom stereocenters. The van der Waals surface area contributed by atoms with Gasteiger partial charge >= 0.3 is 0 Å². The van der Waals surface area contributed by atoms with Crippen LogP contribution in [0.25, 0.3) is 0 Å². The monoisotopic (exact) mass is 448 g/mol. The van der Waals surface area contributed by atoms with E-state index in [0.717, 1.165) is 24.1 Å². The zero-order valence-electron chi connectivity index (χ0n) is 16.8. The Morgan fingerprint density at radius 2 is 1.84 bits per heavy atom. The summed E-state index contributed by atoms with van der Waals surface area (Å²) in [5.41, 5.74) is 5.78. The van der Waals surface area contributed by atoms with Gasteiger partial charge in [0.15, 0.2) is 0 Å². The molecule has 1 fully saturated rings. The van der Waals surface area contributed by atoms with E-state index in [9.17, 15) is 9.59 Å². The van der Waals surface area contributed by atoms with Crippen LogP contribution in [-0.4, -0.2) is 17.6 Å². The Morgan fingerprint density at radius 1 is 1.00 bits per heavy atom. The minimum Gasteiger partial charge on any atom is -0.322 e. The Kier molecular flexibility index (Phi) is 5.47. The van der Waals surface area contributed by atoms with Crippen molar-refractivity contribution in [2.45, 2.75) is 24.6 Å². The van der Waals surface area contributed by atoms with Crippen molar-refractivity contribution < 1.29 is 9.59 Å². The number of hydrogen-bond donors (Lipinski definition) is 1. The summed E-state index contributed by atoms with van der Waals surface area (Å²) in [6.45, 7) is 0. The molecule has 31 heavy (non-hydrogen) atoms. The normalized spacial score (nSPS) is 17.6. The van der Waals surface area contributed by atoms with Crippen LogP contribution < -0.4 is 10.2 Å². The summed E-state index contributed by atoms with van der Waals surface area (Å²) in [7, 11) is 0. The summed E-state index contributed by atoms with van der Waals surface area (Å²) in [6, 6.07) is 21.0. The standard InChI is InChI=1S/C25H21ClN2O2S/c26-22-10-2-1-9-21(22)24(30)27-19-8-4-7-18(13-19)25-28(23(29)15-31-25)20-12-11-16-5-3-6-17(16)14-20/h1-2,4,7-14,25H,3,5-6,15H2,(H,27,30). The molecule has 1 N–H and O–H groups in total. The van der Waals surface area contributed by atoms with E-state index in [1.165, 1.54) is 17.5 Å². The van der Waals surface area contributed by atoms with Gasteiger partial charge in [-0.05, 0) is 72.4 Å². The van der Waals surface area contributed by atoms with Crippen molar-refractivity contribution in [3.8, 4) is 0 Å². The van der Waals surface area contributed by atoms with Gasteiger partial charge in [-0.2, -0.15) is 0 Å². The molecule has 1 heterocycles. The first-order valence-corrected chi connectivity index (χ1v) is 11.7. The number of carbonyl (C=O) groups is 2. The van der Waals surface area contributed by atoms with Crippen LogP contribution in [0.3, 0.4) is 0 Å². The molecular weight excluding hydrogens is 428 g/mol. The third-order valence-electron chi connectivity index (χ3n) is 5.78.